The Morgan fingerprint density at radius 1 is 1.06 bits per heavy atom. The highest BCUT2D eigenvalue weighted by Crippen LogP contribution is 2.37. The molecule has 0 saturated heterocycles. The number of hydrogen-bond acceptors (Lipinski definition) is 6. The van der Waals surface area contributed by atoms with Crippen LogP contribution < -0.4 is 14.9 Å². The summed E-state index contributed by atoms with van der Waals surface area (Å²) >= 11 is 9.74. The molecule has 1 amide bonds. The van der Waals surface area contributed by atoms with Crippen molar-refractivity contribution in [3.8, 4) is 11.5 Å². The molecule has 1 N–H and O–H groups in total. The van der Waals surface area contributed by atoms with Gasteiger partial charge in [0.25, 0.3) is 5.91 Å². The van der Waals surface area contributed by atoms with E-state index in [-0.39, 0.29) is 11.7 Å². The highest BCUT2D eigenvalue weighted by Gasteiger charge is 2.20. The van der Waals surface area contributed by atoms with Gasteiger partial charge in [0.2, 0.25) is 0 Å². The van der Waals surface area contributed by atoms with Gasteiger partial charge in [0.1, 0.15) is 4.88 Å². The first-order valence-corrected chi connectivity index (χ1v) is 11.9. The van der Waals surface area contributed by atoms with Crippen LogP contribution in [0.3, 0.4) is 0 Å². The van der Waals surface area contributed by atoms with E-state index < -0.39 is 5.97 Å². The van der Waals surface area contributed by atoms with E-state index in [0.717, 1.165) is 13.7 Å². The first kappa shape index (κ1) is 23.2. The summed E-state index contributed by atoms with van der Waals surface area (Å²) in [5.41, 5.74) is 3.68. The maximum Gasteiger partial charge on any atom is 0.355 e. The molecule has 0 radical (unpaired) electrons. The quantitative estimate of drug-likeness (QED) is 0.0961. The number of esters is 1. The van der Waals surface area contributed by atoms with Gasteiger partial charge in [0.05, 0.1) is 23.9 Å². The molecule has 4 aromatic rings. The van der Waals surface area contributed by atoms with E-state index in [4.69, 9.17) is 21.1 Å². The molecule has 1 heterocycles. The van der Waals surface area contributed by atoms with Gasteiger partial charge in [-0.15, -0.1) is 11.3 Å². The van der Waals surface area contributed by atoms with E-state index in [0.29, 0.717) is 26.8 Å². The van der Waals surface area contributed by atoms with Gasteiger partial charge < -0.3 is 9.47 Å². The van der Waals surface area contributed by atoms with E-state index in [2.05, 4.69) is 33.1 Å². The van der Waals surface area contributed by atoms with Gasteiger partial charge in [-0.3, -0.25) is 4.79 Å². The number of thiophene rings is 1. The van der Waals surface area contributed by atoms with Gasteiger partial charge in [-0.25, -0.2) is 10.2 Å². The lowest BCUT2D eigenvalue weighted by Gasteiger charge is -2.09. The Morgan fingerprint density at radius 3 is 2.58 bits per heavy atom. The molecule has 0 unspecified atom stereocenters. The lowest BCUT2D eigenvalue weighted by molar-refractivity contribution is 0.0734. The molecule has 0 fully saturated rings. The van der Waals surface area contributed by atoms with Crippen molar-refractivity contribution >= 4 is 73.7 Å². The van der Waals surface area contributed by atoms with Crippen LogP contribution >= 0.6 is 45.5 Å². The lowest BCUT2D eigenvalue weighted by atomic mass is 10.2. The number of amides is 1. The van der Waals surface area contributed by atoms with Crippen LogP contribution in [0.1, 0.15) is 25.6 Å². The smallest absolute Gasteiger partial charge is 0.355 e. The number of hydrogen-bond donors (Lipinski definition) is 1. The third-order valence-electron chi connectivity index (χ3n) is 4.61. The lowest BCUT2D eigenvalue weighted by Crippen LogP contribution is -2.18. The van der Waals surface area contributed by atoms with Gasteiger partial charge in [-0.05, 0) is 64.6 Å². The van der Waals surface area contributed by atoms with Crippen molar-refractivity contribution in [3.05, 3.63) is 91.3 Å². The molecule has 4 rings (SSSR count). The Bertz CT molecular complexity index is 1390. The number of carbonyl (C=O) groups is 2. The second-order valence-electron chi connectivity index (χ2n) is 6.72. The number of hydrazone groups is 1. The maximum atomic E-state index is 12.7. The minimum atomic E-state index is -0.564. The van der Waals surface area contributed by atoms with Crippen LogP contribution in [-0.2, 0) is 0 Å². The molecule has 0 aliphatic carbocycles. The molecular weight excluding hydrogens is 575 g/mol. The number of benzene rings is 3. The molecule has 0 saturated carbocycles. The third-order valence-corrected chi connectivity index (χ3v) is 7.20. The van der Waals surface area contributed by atoms with E-state index >= 15 is 0 Å². The molecule has 33 heavy (non-hydrogen) atoms. The van der Waals surface area contributed by atoms with Crippen molar-refractivity contribution < 1.29 is 19.1 Å². The number of methoxy groups -OCH3 is 1. The molecular formula is C24H16ClIN2O4S. The van der Waals surface area contributed by atoms with Crippen LogP contribution in [0.4, 0.5) is 0 Å². The van der Waals surface area contributed by atoms with Gasteiger partial charge in [0.15, 0.2) is 11.5 Å². The van der Waals surface area contributed by atoms with Gasteiger partial charge in [-0.2, -0.15) is 5.10 Å². The normalized spacial score (nSPS) is 11.0. The summed E-state index contributed by atoms with van der Waals surface area (Å²) in [5.74, 6) is -0.288. The summed E-state index contributed by atoms with van der Waals surface area (Å²) < 4.78 is 12.6. The monoisotopic (exact) mass is 590 g/mol. The Labute approximate surface area is 212 Å². The van der Waals surface area contributed by atoms with Crippen molar-refractivity contribution in [2.75, 3.05) is 7.11 Å². The van der Waals surface area contributed by atoms with Crippen LogP contribution in [0.25, 0.3) is 10.1 Å². The Kier molecular flexibility index (Phi) is 7.26. The fourth-order valence-electron chi connectivity index (χ4n) is 3.01. The zero-order valence-corrected chi connectivity index (χ0v) is 20.9. The minimum Gasteiger partial charge on any atom is -0.493 e. The van der Waals surface area contributed by atoms with Crippen molar-refractivity contribution in [2.45, 2.75) is 0 Å². The van der Waals surface area contributed by atoms with E-state index in [1.807, 2.05) is 36.4 Å². The molecule has 9 heteroatoms. The Hall–Kier alpha value is -2.95. The summed E-state index contributed by atoms with van der Waals surface area (Å²) in [4.78, 5) is 25.3. The maximum absolute atomic E-state index is 12.7. The summed E-state index contributed by atoms with van der Waals surface area (Å²) in [5, 5.41) is 5.18. The van der Waals surface area contributed by atoms with Gasteiger partial charge >= 0.3 is 5.97 Å². The van der Waals surface area contributed by atoms with Gasteiger partial charge in [0, 0.05) is 13.7 Å². The summed E-state index contributed by atoms with van der Waals surface area (Å²) in [7, 11) is 1.47. The summed E-state index contributed by atoms with van der Waals surface area (Å²) in [6.07, 6.45) is 1.48. The molecule has 0 spiro atoms. The average molecular weight is 591 g/mol. The van der Waals surface area contributed by atoms with Gasteiger partial charge in [-0.1, -0.05) is 41.9 Å². The van der Waals surface area contributed by atoms with Crippen LogP contribution in [0.2, 0.25) is 5.02 Å². The van der Waals surface area contributed by atoms with Crippen LogP contribution in [-0.4, -0.2) is 25.2 Å². The molecule has 6 nitrogen and oxygen atoms in total. The molecule has 0 aliphatic heterocycles. The molecule has 3 aromatic carbocycles. The Balaban J connectivity index is 1.48. The minimum absolute atomic E-state index is 0.246. The van der Waals surface area contributed by atoms with Crippen LogP contribution in [0.5, 0.6) is 11.5 Å². The van der Waals surface area contributed by atoms with Crippen molar-refractivity contribution in [2.24, 2.45) is 5.10 Å². The highest BCUT2D eigenvalue weighted by molar-refractivity contribution is 14.1. The molecule has 0 aliphatic rings. The molecule has 0 bridgehead atoms. The van der Waals surface area contributed by atoms with Crippen LogP contribution in [0, 0.1) is 3.57 Å². The predicted octanol–water partition coefficient (Wildman–Crippen LogP) is 6.15. The number of fused-ring (bicyclic) bond motifs is 1. The van der Waals surface area contributed by atoms with Crippen LogP contribution in [0.15, 0.2) is 71.8 Å². The number of rotatable bonds is 6. The van der Waals surface area contributed by atoms with E-state index in [1.54, 1.807) is 30.3 Å². The first-order valence-electron chi connectivity index (χ1n) is 9.63. The second kappa shape index (κ2) is 10.3. The number of nitrogens with one attached hydrogen (secondary N) is 1. The predicted molar refractivity (Wildman–Crippen MR) is 139 cm³/mol. The molecule has 0 atom stereocenters. The van der Waals surface area contributed by atoms with E-state index in [1.165, 1.54) is 24.7 Å². The number of carbonyl (C=O) groups excluding carboxylic acids is 2. The zero-order valence-electron chi connectivity index (χ0n) is 17.2. The first-order chi connectivity index (χ1) is 16.0. The number of nitrogens with zero attached hydrogens (tertiary/aromatic N) is 1. The SMILES string of the molecule is COc1cc(/C=N/NC(=O)c2ccccc2I)ccc1OC(=O)c1sc2ccccc2c1Cl. The second-order valence-corrected chi connectivity index (χ2v) is 9.31. The largest absolute Gasteiger partial charge is 0.493 e. The van der Waals surface area contributed by atoms with Crippen molar-refractivity contribution in [1.82, 2.24) is 5.43 Å². The number of ether oxygens (including phenoxy) is 2. The fourth-order valence-corrected chi connectivity index (χ4v) is 5.03. The van der Waals surface area contributed by atoms with Crippen molar-refractivity contribution in [1.29, 1.82) is 0 Å². The third kappa shape index (κ3) is 5.18. The summed E-state index contributed by atoms with van der Waals surface area (Å²) in [6, 6.07) is 19.7. The zero-order chi connectivity index (χ0) is 23.4. The highest BCUT2D eigenvalue weighted by atomic mass is 127. The van der Waals surface area contributed by atoms with E-state index in [9.17, 15) is 9.59 Å². The topological polar surface area (TPSA) is 77.0 Å². The Morgan fingerprint density at radius 2 is 1.82 bits per heavy atom. The molecule has 166 valence electrons. The number of halogens is 2. The van der Waals surface area contributed by atoms with Crippen molar-refractivity contribution in [3.63, 3.8) is 0 Å². The summed E-state index contributed by atoms with van der Waals surface area (Å²) in [6.45, 7) is 0. The fraction of sp³-hybridized carbons (Fsp3) is 0.0417. The average Bonchev–Trinajstić information content (AvgIpc) is 3.17. The standard InChI is InChI=1S/C24H16ClIN2O4S/c1-31-19-12-14(13-27-28-23(29)15-6-2-4-8-17(15)26)10-11-18(19)32-24(30)22-21(25)16-7-3-5-9-20(16)33-22/h2-13H,1H3,(H,28,29)/b27-13+. The molecule has 1 aromatic heterocycles.